The molecular formula is C10H8ClINO3-. The number of hydrogen-bond donors (Lipinski definition) is 1. The second-order valence-corrected chi connectivity index (χ2v) is 4.64. The van der Waals surface area contributed by atoms with E-state index in [-0.39, 0.29) is 6.42 Å². The SMILES string of the molecule is O=CCC(Nc1cc(Cl)ccc1I)C(=O)[O-]. The molecule has 86 valence electrons. The summed E-state index contributed by atoms with van der Waals surface area (Å²) in [5.74, 6) is -1.32. The number of anilines is 1. The molecule has 0 aliphatic rings. The summed E-state index contributed by atoms with van der Waals surface area (Å²) in [5, 5.41) is 13.9. The van der Waals surface area contributed by atoms with Crippen LogP contribution in [0.4, 0.5) is 5.69 Å². The van der Waals surface area contributed by atoms with Gasteiger partial charge in [0, 0.05) is 20.7 Å². The van der Waals surface area contributed by atoms with E-state index in [9.17, 15) is 14.7 Å². The number of aldehydes is 1. The maximum atomic E-state index is 10.7. The van der Waals surface area contributed by atoms with Crippen LogP contribution in [0.2, 0.25) is 5.02 Å². The van der Waals surface area contributed by atoms with E-state index in [1.807, 2.05) is 22.6 Å². The average Bonchev–Trinajstić information content (AvgIpc) is 2.22. The molecule has 1 N–H and O–H groups in total. The second-order valence-electron chi connectivity index (χ2n) is 3.04. The lowest BCUT2D eigenvalue weighted by molar-refractivity contribution is -0.306. The molecule has 0 amide bonds. The molecule has 16 heavy (non-hydrogen) atoms. The average molecular weight is 353 g/mol. The fourth-order valence-corrected chi connectivity index (χ4v) is 1.77. The van der Waals surface area contributed by atoms with Crippen molar-refractivity contribution in [2.75, 3.05) is 5.32 Å². The predicted molar refractivity (Wildman–Crippen MR) is 67.3 cm³/mol. The molecular weight excluding hydrogens is 344 g/mol. The zero-order valence-corrected chi connectivity index (χ0v) is 11.0. The number of carboxylic acids is 1. The Hall–Kier alpha value is -0.820. The Morgan fingerprint density at radius 3 is 2.88 bits per heavy atom. The maximum Gasteiger partial charge on any atom is 0.122 e. The summed E-state index contributed by atoms with van der Waals surface area (Å²) in [6.45, 7) is 0. The highest BCUT2D eigenvalue weighted by atomic mass is 127. The topological polar surface area (TPSA) is 69.2 Å². The first-order chi connectivity index (χ1) is 7.54. The van der Waals surface area contributed by atoms with Gasteiger partial charge in [0.05, 0.1) is 12.0 Å². The van der Waals surface area contributed by atoms with Crippen LogP contribution in [-0.2, 0) is 9.59 Å². The molecule has 0 fully saturated rings. The molecule has 6 heteroatoms. The van der Waals surface area contributed by atoms with Crippen molar-refractivity contribution in [2.24, 2.45) is 0 Å². The van der Waals surface area contributed by atoms with E-state index in [0.29, 0.717) is 17.0 Å². The van der Waals surface area contributed by atoms with E-state index in [1.54, 1.807) is 18.2 Å². The van der Waals surface area contributed by atoms with Crippen LogP contribution < -0.4 is 10.4 Å². The molecule has 0 saturated carbocycles. The van der Waals surface area contributed by atoms with Gasteiger partial charge in [-0.05, 0) is 40.8 Å². The maximum absolute atomic E-state index is 10.7. The summed E-state index contributed by atoms with van der Waals surface area (Å²) in [6.07, 6.45) is 0.385. The van der Waals surface area contributed by atoms with Gasteiger partial charge in [-0.25, -0.2) is 0 Å². The van der Waals surface area contributed by atoms with Crippen molar-refractivity contribution < 1.29 is 14.7 Å². The minimum Gasteiger partial charge on any atom is -0.548 e. The van der Waals surface area contributed by atoms with Crippen molar-refractivity contribution in [1.29, 1.82) is 0 Å². The first-order valence-electron chi connectivity index (χ1n) is 4.40. The Morgan fingerprint density at radius 1 is 1.62 bits per heavy atom. The van der Waals surface area contributed by atoms with Crippen LogP contribution in [0.1, 0.15) is 6.42 Å². The number of carboxylic acid groups (broad SMARTS) is 1. The number of halogens is 2. The van der Waals surface area contributed by atoms with Crippen molar-refractivity contribution in [3.05, 3.63) is 26.8 Å². The van der Waals surface area contributed by atoms with Gasteiger partial charge < -0.3 is 20.0 Å². The van der Waals surface area contributed by atoms with E-state index >= 15 is 0 Å². The lowest BCUT2D eigenvalue weighted by atomic mass is 10.2. The Balaban J connectivity index is 2.88. The molecule has 1 rings (SSSR count). The number of nitrogens with one attached hydrogen (secondary N) is 1. The zero-order chi connectivity index (χ0) is 12.1. The first-order valence-corrected chi connectivity index (χ1v) is 5.86. The van der Waals surface area contributed by atoms with Crippen LogP contribution in [-0.4, -0.2) is 18.3 Å². The summed E-state index contributed by atoms with van der Waals surface area (Å²) >= 11 is 7.82. The van der Waals surface area contributed by atoms with Gasteiger partial charge >= 0.3 is 0 Å². The summed E-state index contributed by atoms with van der Waals surface area (Å²) in [7, 11) is 0. The van der Waals surface area contributed by atoms with Gasteiger partial charge in [-0.2, -0.15) is 0 Å². The van der Waals surface area contributed by atoms with Crippen molar-refractivity contribution in [1.82, 2.24) is 0 Å². The van der Waals surface area contributed by atoms with Crippen molar-refractivity contribution >= 4 is 52.1 Å². The molecule has 0 aliphatic carbocycles. The summed E-state index contributed by atoms with van der Waals surface area (Å²) < 4.78 is 0.819. The number of hydrogen-bond acceptors (Lipinski definition) is 4. The summed E-state index contributed by atoms with van der Waals surface area (Å²) in [5.41, 5.74) is 0.573. The Kier molecular flexibility index (Phi) is 5.01. The van der Waals surface area contributed by atoms with Gasteiger partial charge in [0.1, 0.15) is 6.29 Å². The third-order valence-corrected chi connectivity index (χ3v) is 3.05. The number of carbonyl (C=O) groups is 2. The normalized spacial score (nSPS) is 11.9. The molecule has 0 radical (unpaired) electrons. The molecule has 0 spiro atoms. The molecule has 0 aliphatic heterocycles. The minimum absolute atomic E-state index is 0.148. The standard InChI is InChI=1S/C10H9ClINO3/c11-6-1-2-7(12)9(5-6)13-8(3-4-14)10(15)16/h1-2,4-5,8,13H,3H2,(H,15,16)/p-1. The number of benzene rings is 1. The van der Waals surface area contributed by atoms with Gasteiger partial charge in [0.2, 0.25) is 0 Å². The van der Waals surface area contributed by atoms with E-state index < -0.39 is 12.0 Å². The lowest BCUT2D eigenvalue weighted by Crippen LogP contribution is -2.41. The van der Waals surface area contributed by atoms with Gasteiger partial charge in [-0.1, -0.05) is 11.6 Å². The van der Waals surface area contributed by atoms with E-state index in [0.717, 1.165) is 3.57 Å². The molecule has 1 aromatic rings. The molecule has 0 aromatic heterocycles. The highest BCUT2D eigenvalue weighted by molar-refractivity contribution is 14.1. The smallest absolute Gasteiger partial charge is 0.122 e. The largest absolute Gasteiger partial charge is 0.548 e. The Morgan fingerprint density at radius 2 is 2.31 bits per heavy atom. The molecule has 1 unspecified atom stereocenters. The zero-order valence-electron chi connectivity index (χ0n) is 8.07. The fraction of sp³-hybridized carbons (Fsp3) is 0.200. The summed E-state index contributed by atoms with van der Waals surface area (Å²) in [6, 6.07) is 4.01. The van der Waals surface area contributed by atoms with Crippen LogP contribution in [0.5, 0.6) is 0 Å². The Labute approximate surface area is 111 Å². The molecule has 1 aromatic carbocycles. The van der Waals surface area contributed by atoms with Crippen LogP contribution >= 0.6 is 34.2 Å². The van der Waals surface area contributed by atoms with Gasteiger partial charge in [-0.3, -0.25) is 0 Å². The molecule has 4 nitrogen and oxygen atoms in total. The molecule has 0 saturated heterocycles. The van der Waals surface area contributed by atoms with Crippen LogP contribution in [0.15, 0.2) is 18.2 Å². The second kappa shape index (κ2) is 6.05. The molecule has 0 bridgehead atoms. The van der Waals surface area contributed by atoms with Crippen molar-refractivity contribution in [3.63, 3.8) is 0 Å². The minimum atomic E-state index is -1.32. The highest BCUT2D eigenvalue weighted by Gasteiger charge is 2.11. The Bertz CT molecular complexity index is 411. The van der Waals surface area contributed by atoms with Crippen molar-refractivity contribution in [2.45, 2.75) is 12.5 Å². The van der Waals surface area contributed by atoms with Crippen molar-refractivity contribution in [3.8, 4) is 0 Å². The highest BCUT2D eigenvalue weighted by Crippen LogP contribution is 2.23. The predicted octanol–water partition coefficient (Wildman–Crippen LogP) is 1.06. The van der Waals surface area contributed by atoms with Crippen LogP contribution in [0, 0.1) is 3.57 Å². The summed E-state index contributed by atoms with van der Waals surface area (Å²) in [4.78, 5) is 21.0. The molecule has 1 atom stereocenters. The first kappa shape index (κ1) is 13.2. The van der Waals surface area contributed by atoms with Gasteiger partial charge in [0.25, 0.3) is 0 Å². The number of rotatable bonds is 5. The monoisotopic (exact) mass is 352 g/mol. The quantitative estimate of drug-likeness (QED) is 0.636. The van der Waals surface area contributed by atoms with Gasteiger partial charge in [0.15, 0.2) is 0 Å². The van der Waals surface area contributed by atoms with E-state index in [2.05, 4.69) is 5.32 Å². The van der Waals surface area contributed by atoms with E-state index in [4.69, 9.17) is 11.6 Å². The lowest BCUT2D eigenvalue weighted by Gasteiger charge is -2.19. The van der Waals surface area contributed by atoms with E-state index in [1.165, 1.54) is 0 Å². The van der Waals surface area contributed by atoms with Crippen LogP contribution in [0.3, 0.4) is 0 Å². The van der Waals surface area contributed by atoms with Crippen LogP contribution in [0.25, 0.3) is 0 Å². The molecule has 0 heterocycles. The number of aliphatic carboxylic acids is 1. The fourth-order valence-electron chi connectivity index (χ4n) is 1.11. The third kappa shape index (κ3) is 3.64. The third-order valence-electron chi connectivity index (χ3n) is 1.87. The van der Waals surface area contributed by atoms with Gasteiger partial charge in [-0.15, -0.1) is 0 Å². The number of carbonyl (C=O) groups excluding carboxylic acids is 2.